The number of rotatable bonds is 4. The maximum Gasteiger partial charge on any atom is 0.335 e. The molecule has 0 saturated carbocycles. The minimum atomic E-state index is -1.03. The number of nitrogens with two attached hydrogens (primary N) is 1. The van der Waals surface area contributed by atoms with Crippen LogP contribution in [-0.4, -0.2) is 29.9 Å². The lowest BCUT2D eigenvalue weighted by Crippen LogP contribution is -2.04. The first-order valence-electron chi connectivity index (χ1n) is 4.37. The molecule has 0 spiro atoms. The van der Waals surface area contributed by atoms with E-state index in [1.807, 2.05) is 0 Å². The summed E-state index contributed by atoms with van der Waals surface area (Å²) >= 11 is 1.21. The molecule has 0 radical (unpaired) electrons. The van der Waals surface area contributed by atoms with Crippen LogP contribution in [0.4, 0.5) is 5.69 Å². The Morgan fingerprint density at radius 3 is 2.69 bits per heavy atom. The number of hydrogen-bond donors (Lipinski definition) is 2. The second-order valence-corrected chi connectivity index (χ2v) is 3.94. The Morgan fingerprint density at radius 1 is 1.50 bits per heavy atom. The fourth-order valence-corrected chi connectivity index (χ4v) is 1.79. The monoisotopic (exact) mass is 241 g/mol. The second kappa shape index (κ2) is 5.41. The van der Waals surface area contributed by atoms with Gasteiger partial charge in [-0.2, -0.15) is 0 Å². The molecule has 0 atom stereocenters. The van der Waals surface area contributed by atoms with Crippen LogP contribution in [0.1, 0.15) is 10.4 Å². The molecule has 0 aromatic heterocycles. The standard InChI is InChI=1S/C10H11NO4S/c1-15-9(12)5-16-8-3-2-6(10(13)14)4-7(8)11/h2-4H,5,11H2,1H3,(H,13,14). The van der Waals surface area contributed by atoms with E-state index >= 15 is 0 Å². The number of methoxy groups -OCH3 is 1. The number of carboxylic acids is 1. The molecule has 86 valence electrons. The number of carbonyl (C=O) groups excluding carboxylic acids is 1. The summed E-state index contributed by atoms with van der Waals surface area (Å²) in [4.78, 5) is 22.2. The maximum atomic E-state index is 10.9. The lowest BCUT2D eigenvalue weighted by atomic mass is 10.2. The molecule has 0 amide bonds. The fourth-order valence-electron chi connectivity index (χ4n) is 1.01. The predicted molar refractivity (Wildman–Crippen MR) is 60.6 cm³/mol. The molecule has 0 aliphatic rings. The largest absolute Gasteiger partial charge is 0.478 e. The molecule has 0 saturated heterocycles. The molecule has 0 heterocycles. The normalized spacial score (nSPS) is 9.81. The van der Waals surface area contributed by atoms with Crippen molar-refractivity contribution >= 4 is 29.4 Å². The number of anilines is 1. The highest BCUT2D eigenvalue weighted by Gasteiger charge is 2.08. The van der Waals surface area contributed by atoms with Gasteiger partial charge >= 0.3 is 11.9 Å². The molecule has 0 bridgehead atoms. The highest BCUT2D eigenvalue weighted by molar-refractivity contribution is 8.00. The van der Waals surface area contributed by atoms with Gasteiger partial charge in [-0.15, -0.1) is 11.8 Å². The summed E-state index contributed by atoms with van der Waals surface area (Å²) in [5, 5.41) is 8.72. The zero-order valence-electron chi connectivity index (χ0n) is 8.60. The first-order valence-corrected chi connectivity index (χ1v) is 5.35. The Labute approximate surface area is 96.6 Å². The Balaban J connectivity index is 2.75. The third-order valence-corrected chi connectivity index (χ3v) is 2.89. The molecule has 16 heavy (non-hydrogen) atoms. The maximum absolute atomic E-state index is 10.9. The Hall–Kier alpha value is -1.69. The average Bonchev–Trinajstić information content (AvgIpc) is 2.26. The lowest BCUT2D eigenvalue weighted by Gasteiger charge is -2.05. The first kappa shape index (κ1) is 12.4. The van der Waals surface area contributed by atoms with Crippen molar-refractivity contribution in [1.29, 1.82) is 0 Å². The fraction of sp³-hybridized carbons (Fsp3) is 0.200. The Morgan fingerprint density at radius 2 is 2.19 bits per heavy atom. The van der Waals surface area contributed by atoms with Gasteiger partial charge in [-0.3, -0.25) is 4.79 Å². The van der Waals surface area contributed by atoms with Crippen LogP contribution in [0, 0.1) is 0 Å². The first-order chi connectivity index (χ1) is 7.54. The second-order valence-electron chi connectivity index (χ2n) is 2.92. The number of nitrogen functional groups attached to an aromatic ring is 1. The van der Waals surface area contributed by atoms with Crippen molar-refractivity contribution in [2.24, 2.45) is 0 Å². The van der Waals surface area contributed by atoms with E-state index < -0.39 is 5.97 Å². The molecule has 1 aromatic rings. The number of carbonyl (C=O) groups is 2. The van der Waals surface area contributed by atoms with E-state index in [4.69, 9.17) is 10.8 Å². The zero-order valence-corrected chi connectivity index (χ0v) is 9.41. The third-order valence-electron chi connectivity index (χ3n) is 1.83. The van der Waals surface area contributed by atoms with E-state index in [0.29, 0.717) is 10.6 Å². The van der Waals surface area contributed by atoms with Gasteiger partial charge in [-0.25, -0.2) is 4.79 Å². The van der Waals surface area contributed by atoms with Crippen LogP contribution in [0.3, 0.4) is 0 Å². The Kier molecular flexibility index (Phi) is 4.19. The Bertz CT molecular complexity index is 419. The summed E-state index contributed by atoms with van der Waals surface area (Å²) in [6, 6.07) is 4.38. The smallest absolute Gasteiger partial charge is 0.335 e. The molecular weight excluding hydrogens is 230 g/mol. The SMILES string of the molecule is COC(=O)CSc1ccc(C(=O)O)cc1N. The summed E-state index contributed by atoms with van der Waals surface area (Å²) < 4.78 is 4.48. The van der Waals surface area contributed by atoms with Gasteiger partial charge < -0.3 is 15.6 Å². The van der Waals surface area contributed by atoms with Crippen molar-refractivity contribution in [3.63, 3.8) is 0 Å². The highest BCUT2D eigenvalue weighted by atomic mass is 32.2. The van der Waals surface area contributed by atoms with Gasteiger partial charge in [0.15, 0.2) is 0 Å². The third kappa shape index (κ3) is 3.16. The van der Waals surface area contributed by atoms with Gasteiger partial charge in [0.25, 0.3) is 0 Å². The van der Waals surface area contributed by atoms with Crippen molar-refractivity contribution in [3.8, 4) is 0 Å². The molecule has 5 nitrogen and oxygen atoms in total. The van der Waals surface area contributed by atoms with E-state index in [0.717, 1.165) is 0 Å². The number of ether oxygens (including phenoxy) is 1. The van der Waals surface area contributed by atoms with Crippen LogP contribution >= 0.6 is 11.8 Å². The topological polar surface area (TPSA) is 89.6 Å². The number of hydrogen-bond acceptors (Lipinski definition) is 5. The number of esters is 1. The predicted octanol–water partition coefficient (Wildman–Crippen LogP) is 1.23. The van der Waals surface area contributed by atoms with E-state index in [1.54, 1.807) is 6.07 Å². The highest BCUT2D eigenvalue weighted by Crippen LogP contribution is 2.25. The molecule has 1 rings (SSSR count). The summed E-state index contributed by atoms with van der Waals surface area (Å²) in [5.74, 6) is -1.24. The summed E-state index contributed by atoms with van der Waals surface area (Å²) in [5.41, 5.74) is 6.12. The zero-order chi connectivity index (χ0) is 12.1. The van der Waals surface area contributed by atoms with Gasteiger partial charge in [-0.05, 0) is 18.2 Å². The van der Waals surface area contributed by atoms with E-state index in [9.17, 15) is 9.59 Å². The average molecular weight is 241 g/mol. The van der Waals surface area contributed by atoms with Crippen molar-refractivity contribution in [2.45, 2.75) is 4.90 Å². The quantitative estimate of drug-likeness (QED) is 0.468. The minimum absolute atomic E-state index is 0.125. The molecule has 3 N–H and O–H groups in total. The van der Waals surface area contributed by atoms with E-state index in [-0.39, 0.29) is 17.3 Å². The van der Waals surface area contributed by atoms with Gasteiger partial charge in [0, 0.05) is 10.6 Å². The molecule has 0 aliphatic heterocycles. The van der Waals surface area contributed by atoms with Gasteiger partial charge in [-0.1, -0.05) is 0 Å². The van der Waals surface area contributed by atoms with Gasteiger partial charge in [0.2, 0.25) is 0 Å². The van der Waals surface area contributed by atoms with Crippen molar-refractivity contribution in [1.82, 2.24) is 0 Å². The molecule has 0 unspecified atom stereocenters. The molecule has 0 fully saturated rings. The van der Waals surface area contributed by atoms with Gasteiger partial charge in [0.1, 0.15) is 0 Å². The van der Waals surface area contributed by atoms with Crippen molar-refractivity contribution < 1.29 is 19.4 Å². The number of carboxylic acid groups (broad SMARTS) is 1. The summed E-state index contributed by atoms with van der Waals surface area (Å²) in [6.45, 7) is 0. The number of aromatic carboxylic acids is 1. The lowest BCUT2D eigenvalue weighted by molar-refractivity contribution is -0.137. The van der Waals surface area contributed by atoms with Crippen LogP contribution in [0.25, 0.3) is 0 Å². The van der Waals surface area contributed by atoms with Crippen LogP contribution in [0.15, 0.2) is 23.1 Å². The minimum Gasteiger partial charge on any atom is -0.478 e. The van der Waals surface area contributed by atoms with E-state index in [2.05, 4.69) is 4.74 Å². The van der Waals surface area contributed by atoms with Crippen LogP contribution in [-0.2, 0) is 9.53 Å². The molecular formula is C10H11NO4S. The molecule has 1 aromatic carbocycles. The van der Waals surface area contributed by atoms with Crippen LogP contribution in [0.2, 0.25) is 0 Å². The van der Waals surface area contributed by atoms with E-state index in [1.165, 1.54) is 31.0 Å². The molecule has 6 heteroatoms. The number of benzene rings is 1. The van der Waals surface area contributed by atoms with Crippen LogP contribution in [0.5, 0.6) is 0 Å². The van der Waals surface area contributed by atoms with Gasteiger partial charge in [0.05, 0.1) is 18.4 Å². The molecule has 0 aliphatic carbocycles. The number of thioether (sulfide) groups is 1. The summed E-state index contributed by atoms with van der Waals surface area (Å²) in [7, 11) is 1.31. The van der Waals surface area contributed by atoms with Crippen LogP contribution < -0.4 is 5.73 Å². The van der Waals surface area contributed by atoms with Crippen molar-refractivity contribution in [3.05, 3.63) is 23.8 Å². The summed E-state index contributed by atoms with van der Waals surface area (Å²) in [6.07, 6.45) is 0. The van der Waals surface area contributed by atoms with Crippen molar-refractivity contribution in [2.75, 3.05) is 18.6 Å².